The summed E-state index contributed by atoms with van der Waals surface area (Å²) in [5.41, 5.74) is 5.47. The zero-order valence-corrected chi connectivity index (χ0v) is 16.7. The average Bonchev–Trinajstić information content (AvgIpc) is 3.12. The van der Waals surface area contributed by atoms with E-state index in [4.69, 9.17) is 9.83 Å². The first kappa shape index (κ1) is 18.7. The molecule has 146 valence electrons. The third-order valence-electron chi connectivity index (χ3n) is 5.53. The topological polar surface area (TPSA) is 53.9 Å². The number of piperidine rings is 1. The summed E-state index contributed by atoms with van der Waals surface area (Å²) in [6.07, 6.45) is 1.37. The van der Waals surface area contributed by atoms with E-state index in [9.17, 15) is 4.79 Å². The molecule has 0 bridgehead atoms. The van der Waals surface area contributed by atoms with Crippen LogP contribution in [-0.4, -0.2) is 35.5 Å². The van der Waals surface area contributed by atoms with Crippen LogP contribution in [0.4, 0.5) is 0 Å². The fourth-order valence-electron chi connectivity index (χ4n) is 3.68. The van der Waals surface area contributed by atoms with Crippen molar-refractivity contribution in [2.45, 2.75) is 44.8 Å². The first-order chi connectivity index (χ1) is 13.4. The number of nitrogens with one attached hydrogen (secondary N) is 1. The molecule has 1 saturated heterocycles. The Kier molecular flexibility index (Phi) is 4.71. The van der Waals surface area contributed by atoms with Gasteiger partial charge in [-0.05, 0) is 23.1 Å². The van der Waals surface area contributed by atoms with Gasteiger partial charge >= 0.3 is 0 Å². The zero-order valence-electron chi connectivity index (χ0n) is 16.7. The van der Waals surface area contributed by atoms with Crippen molar-refractivity contribution in [3.8, 4) is 0 Å². The van der Waals surface area contributed by atoms with E-state index >= 15 is 0 Å². The van der Waals surface area contributed by atoms with E-state index < -0.39 is 5.72 Å². The van der Waals surface area contributed by atoms with Gasteiger partial charge in [-0.1, -0.05) is 63.2 Å². The number of amidine groups is 1. The smallest absolute Gasteiger partial charge is 0.253 e. The molecule has 2 heterocycles. The maximum absolute atomic E-state index is 12.9. The van der Waals surface area contributed by atoms with Crippen LogP contribution in [0.1, 0.15) is 55.1 Å². The van der Waals surface area contributed by atoms with Crippen molar-refractivity contribution in [2.24, 2.45) is 4.99 Å². The SMILES string of the molecule is CC(C)(C)c1ccc(C(=O)N2CCC3(CC2)N=C(c2ccccc2)NO3)cc1. The summed E-state index contributed by atoms with van der Waals surface area (Å²) < 4.78 is 0. The number of aliphatic imine (C=N–C) groups is 1. The Hall–Kier alpha value is -2.66. The minimum atomic E-state index is -0.571. The Bertz CT molecular complexity index is 874. The molecule has 0 radical (unpaired) electrons. The number of hydroxylamine groups is 1. The first-order valence-electron chi connectivity index (χ1n) is 9.85. The highest BCUT2D eigenvalue weighted by Gasteiger charge is 2.41. The van der Waals surface area contributed by atoms with Gasteiger partial charge in [-0.15, -0.1) is 0 Å². The predicted octanol–water partition coefficient (Wildman–Crippen LogP) is 3.90. The molecule has 4 rings (SSSR count). The van der Waals surface area contributed by atoms with E-state index in [1.54, 1.807) is 0 Å². The normalized spacial score (nSPS) is 18.7. The number of hydrogen-bond acceptors (Lipinski definition) is 4. The summed E-state index contributed by atoms with van der Waals surface area (Å²) in [7, 11) is 0. The molecule has 2 aliphatic heterocycles. The molecule has 1 N–H and O–H groups in total. The first-order valence-corrected chi connectivity index (χ1v) is 9.85. The van der Waals surface area contributed by atoms with Gasteiger partial charge in [0.1, 0.15) is 0 Å². The van der Waals surface area contributed by atoms with Gasteiger partial charge in [0.05, 0.1) is 0 Å². The Balaban J connectivity index is 1.42. The van der Waals surface area contributed by atoms with Crippen LogP contribution in [0, 0.1) is 0 Å². The summed E-state index contributed by atoms with van der Waals surface area (Å²) in [4.78, 5) is 25.4. The summed E-state index contributed by atoms with van der Waals surface area (Å²) in [5.74, 6) is 0.840. The largest absolute Gasteiger partial charge is 0.338 e. The molecule has 1 amide bonds. The van der Waals surface area contributed by atoms with Crippen LogP contribution >= 0.6 is 0 Å². The van der Waals surface area contributed by atoms with Gasteiger partial charge in [0.25, 0.3) is 5.91 Å². The summed E-state index contributed by atoms with van der Waals surface area (Å²) in [6.45, 7) is 7.79. The quantitative estimate of drug-likeness (QED) is 0.864. The number of carbonyl (C=O) groups excluding carboxylic acids is 1. The highest BCUT2D eigenvalue weighted by atomic mass is 16.7. The average molecular weight is 377 g/mol. The van der Waals surface area contributed by atoms with Crippen molar-refractivity contribution in [1.29, 1.82) is 0 Å². The number of amides is 1. The summed E-state index contributed by atoms with van der Waals surface area (Å²) in [5, 5.41) is 0. The Morgan fingerprint density at radius 3 is 2.29 bits per heavy atom. The second kappa shape index (κ2) is 7.06. The molecule has 0 unspecified atom stereocenters. The van der Waals surface area contributed by atoms with Crippen molar-refractivity contribution in [1.82, 2.24) is 10.4 Å². The third kappa shape index (κ3) is 3.67. The maximum Gasteiger partial charge on any atom is 0.253 e. The lowest BCUT2D eigenvalue weighted by molar-refractivity contribution is -0.0849. The van der Waals surface area contributed by atoms with Crippen molar-refractivity contribution < 1.29 is 9.63 Å². The van der Waals surface area contributed by atoms with Crippen LogP contribution in [0.3, 0.4) is 0 Å². The number of rotatable bonds is 2. The number of nitrogens with zero attached hydrogens (tertiary/aromatic N) is 2. The lowest BCUT2D eigenvalue weighted by Crippen LogP contribution is -2.46. The van der Waals surface area contributed by atoms with E-state index in [1.165, 1.54) is 5.56 Å². The van der Waals surface area contributed by atoms with Gasteiger partial charge in [0.15, 0.2) is 11.6 Å². The predicted molar refractivity (Wildman–Crippen MR) is 110 cm³/mol. The fraction of sp³-hybridized carbons (Fsp3) is 0.391. The lowest BCUT2D eigenvalue weighted by Gasteiger charge is -2.35. The van der Waals surface area contributed by atoms with E-state index in [1.807, 2.05) is 47.4 Å². The van der Waals surface area contributed by atoms with Crippen LogP contribution in [0.25, 0.3) is 0 Å². The molecular weight excluding hydrogens is 350 g/mol. The van der Waals surface area contributed by atoms with Gasteiger partial charge in [-0.25, -0.2) is 15.3 Å². The standard InChI is InChI=1S/C23H27N3O2/c1-22(2,3)19-11-9-18(10-12-19)21(27)26-15-13-23(14-16-26)24-20(25-28-23)17-7-5-4-6-8-17/h4-12H,13-16H2,1-3H3,(H,24,25). The fourth-order valence-corrected chi connectivity index (χ4v) is 3.68. The number of benzene rings is 2. The Labute approximate surface area is 166 Å². The summed E-state index contributed by atoms with van der Waals surface area (Å²) >= 11 is 0. The van der Waals surface area contributed by atoms with Crippen LogP contribution < -0.4 is 5.48 Å². The molecule has 0 aliphatic carbocycles. The number of carbonyl (C=O) groups is 1. The van der Waals surface area contributed by atoms with Gasteiger partial charge in [0, 0.05) is 37.1 Å². The zero-order chi connectivity index (χ0) is 19.8. The summed E-state index contributed by atoms with van der Waals surface area (Å²) in [6, 6.07) is 17.9. The monoisotopic (exact) mass is 377 g/mol. The van der Waals surface area contributed by atoms with Gasteiger partial charge in [-0.2, -0.15) is 0 Å². The molecule has 5 nitrogen and oxygen atoms in total. The molecule has 0 atom stereocenters. The second-order valence-electron chi connectivity index (χ2n) is 8.60. The van der Waals surface area contributed by atoms with Crippen molar-refractivity contribution in [2.75, 3.05) is 13.1 Å². The minimum absolute atomic E-state index is 0.0773. The van der Waals surface area contributed by atoms with Crippen LogP contribution in [0.15, 0.2) is 59.6 Å². The molecule has 1 spiro atoms. The number of hydrogen-bond donors (Lipinski definition) is 1. The molecule has 0 saturated carbocycles. The third-order valence-corrected chi connectivity index (χ3v) is 5.53. The van der Waals surface area contributed by atoms with Gasteiger partial charge < -0.3 is 4.90 Å². The number of likely N-dealkylation sites (tertiary alicyclic amines) is 1. The highest BCUT2D eigenvalue weighted by molar-refractivity contribution is 5.99. The lowest BCUT2D eigenvalue weighted by atomic mass is 9.86. The van der Waals surface area contributed by atoms with E-state index in [2.05, 4.69) is 38.4 Å². The van der Waals surface area contributed by atoms with E-state index in [-0.39, 0.29) is 11.3 Å². The van der Waals surface area contributed by atoms with Crippen molar-refractivity contribution >= 4 is 11.7 Å². The molecule has 5 heteroatoms. The minimum Gasteiger partial charge on any atom is -0.338 e. The Morgan fingerprint density at radius 1 is 1.04 bits per heavy atom. The molecule has 2 aromatic rings. The molecule has 2 aliphatic rings. The van der Waals surface area contributed by atoms with Crippen molar-refractivity contribution in [3.05, 3.63) is 71.3 Å². The Morgan fingerprint density at radius 2 is 1.68 bits per heavy atom. The van der Waals surface area contributed by atoms with Gasteiger partial charge in [-0.3, -0.25) is 4.79 Å². The molecule has 1 fully saturated rings. The van der Waals surface area contributed by atoms with Crippen LogP contribution in [0.2, 0.25) is 0 Å². The van der Waals surface area contributed by atoms with E-state index in [0.717, 1.165) is 17.0 Å². The van der Waals surface area contributed by atoms with Gasteiger partial charge in [0.2, 0.25) is 0 Å². The van der Waals surface area contributed by atoms with Crippen molar-refractivity contribution in [3.63, 3.8) is 0 Å². The molecular formula is C23H27N3O2. The maximum atomic E-state index is 12.9. The molecule has 28 heavy (non-hydrogen) atoms. The highest BCUT2D eigenvalue weighted by Crippen LogP contribution is 2.32. The van der Waals surface area contributed by atoms with E-state index in [0.29, 0.717) is 25.9 Å². The van der Waals surface area contributed by atoms with Crippen LogP contribution in [-0.2, 0) is 10.3 Å². The molecule has 2 aromatic carbocycles. The van der Waals surface area contributed by atoms with Crippen LogP contribution in [0.5, 0.6) is 0 Å². The second-order valence-corrected chi connectivity index (χ2v) is 8.60. The molecule has 0 aromatic heterocycles.